The van der Waals surface area contributed by atoms with Crippen LogP contribution in [0.4, 0.5) is 4.39 Å². The number of nitrogens with zero attached hydrogens (tertiary/aromatic N) is 1. The molecule has 27 heavy (non-hydrogen) atoms. The Bertz CT molecular complexity index is 866. The first-order chi connectivity index (χ1) is 12.9. The van der Waals surface area contributed by atoms with Crippen molar-refractivity contribution in [2.45, 2.75) is 28.7 Å². The minimum Gasteiger partial charge on any atom is -0.342 e. The summed E-state index contributed by atoms with van der Waals surface area (Å²) in [5.41, 5.74) is 0. The number of carbonyl (C=O) groups excluding carboxylic acids is 1. The zero-order chi connectivity index (χ0) is 19.3. The summed E-state index contributed by atoms with van der Waals surface area (Å²) in [5, 5.41) is 0. The van der Waals surface area contributed by atoms with Gasteiger partial charge in [0.1, 0.15) is 5.82 Å². The first-order valence-corrected chi connectivity index (χ1v) is 11.1. The fourth-order valence-electron chi connectivity index (χ4n) is 2.90. The summed E-state index contributed by atoms with van der Waals surface area (Å²) in [6.07, 6.45) is 1.12. The number of amides is 1. The Balaban J connectivity index is 1.48. The van der Waals surface area contributed by atoms with Gasteiger partial charge < -0.3 is 4.90 Å². The molecule has 0 atom stereocenters. The summed E-state index contributed by atoms with van der Waals surface area (Å²) in [4.78, 5) is 15.2. The van der Waals surface area contributed by atoms with Gasteiger partial charge in [-0.3, -0.25) is 4.79 Å². The third-order valence-electron chi connectivity index (χ3n) is 4.40. The van der Waals surface area contributed by atoms with Gasteiger partial charge in [-0.05, 0) is 49.2 Å². The van der Waals surface area contributed by atoms with Crippen LogP contribution in [-0.4, -0.2) is 44.1 Å². The molecule has 0 radical (unpaired) electrons. The normalized spacial score (nSPS) is 15.7. The molecule has 1 N–H and O–H groups in total. The van der Waals surface area contributed by atoms with E-state index in [1.165, 1.54) is 23.9 Å². The van der Waals surface area contributed by atoms with E-state index in [-0.39, 0.29) is 16.8 Å². The number of carbonyl (C=O) groups is 1. The quantitative estimate of drug-likeness (QED) is 0.747. The molecule has 1 fully saturated rings. The van der Waals surface area contributed by atoms with Crippen LogP contribution in [0.1, 0.15) is 12.8 Å². The number of piperidine rings is 1. The van der Waals surface area contributed by atoms with Crippen LogP contribution < -0.4 is 4.72 Å². The van der Waals surface area contributed by atoms with E-state index in [4.69, 9.17) is 0 Å². The summed E-state index contributed by atoms with van der Waals surface area (Å²) in [6, 6.07) is 14.3. The molecule has 144 valence electrons. The van der Waals surface area contributed by atoms with E-state index in [1.807, 2.05) is 30.3 Å². The first-order valence-electron chi connectivity index (χ1n) is 8.67. The zero-order valence-corrected chi connectivity index (χ0v) is 16.3. The molecule has 0 unspecified atom stereocenters. The summed E-state index contributed by atoms with van der Waals surface area (Å²) >= 11 is 1.50. The fraction of sp³-hybridized carbons (Fsp3) is 0.316. The van der Waals surface area contributed by atoms with Gasteiger partial charge in [-0.15, -0.1) is 11.8 Å². The Morgan fingerprint density at radius 1 is 1.07 bits per heavy atom. The molecular formula is C19H21FN2O3S2. The van der Waals surface area contributed by atoms with Crippen LogP contribution in [0.25, 0.3) is 0 Å². The second kappa shape index (κ2) is 8.86. The molecule has 2 aromatic rings. The molecule has 0 saturated carbocycles. The molecule has 5 nitrogen and oxygen atoms in total. The molecule has 0 bridgehead atoms. The number of benzene rings is 2. The van der Waals surface area contributed by atoms with E-state index in [1.54, 1.807) is 4.90 Å². The maximum absolute atomic E-state index is 13.0. The number of nitrogens with one attached hydrogen (secondary N) is 1. The number of sulfonamides is 1. The molecule has 8 heteroatoms. The van der Waals surface area contributed by atoms with Crippen molar-refractivity contribution >= 4 is 27.7 Å². The summed E-state index contributed by atoms with van der Waals surface area (Å²) in [6.45, 7) is 1.04. The Labute approximate surface area is 163 Å². The number of hydrogen-bond donors (Lipinski definition) is 1. The summed E-state index contributed by atoms with van der Waals surface area (Å²) in [7, 11) is -3.68. The van der Waals surface area contributed by atoms with Crippen LogP contribution in [0, 0.1) is 5.82 Å². The summed E-state index contributed by atoms with van der Waals surface area (Å²) < 4.78 is 40.4. The maximum atomic E-state index is 13.0. The van der Waals surface area contributed by atoms with Gasteiger partial charge >= 0.3 is 0 Å². The molecule has 1 heterocycles. The van der Waals surface area contributed by atoms with Crippen LogP contribution in [-0.2, 0) is 14.8 Å². The largest absolute Gasteiger partial charge is 0.342 e. The van der Waals surface area contributed by atoms with Gasteiger partial charge in [-0.2, -0.15) is 0 Å². The van der Waals surface area contributed by atoms with Crippen molar-refractivity contribution in [1.29, 1.82) is 0 Å². The molecule has 0 spiro atoms. The number of hydrogen-bond acceptors (Lipinski definition) is 4. The minimum absolute atomic E-state index is 0.0432. The highest BCUT2D eigenvalue weighted by Crippen LogP contribution is 2.20. The minimum atomic E-state index is -3.68. The van der Waals surface area contributed by atoms with Gasteiger partial charge in [-0.1, -0.05) is 18.2 Å². The van der Waals surface area contributed by atoms with Crippen LogP contribution in [0.2, 0.25) is 0 Å². The van der Waals surface area contributed by atoms with E-state index in [9.17, 15) is 17.6 Å². The average Bonchev–Trinajstić information content (AvgIpc) is 2.67. The molecule has 0 aliphatic carbocycles. The van der Waals surface area contributed by atoms with E-state index >= 15 is 0 Å². The smallest absolute Gasteiger partial charge is 0.240 e. The van der Waals surface area contributed by atoms with Crippen LogP contribution in [0.15, 0.2) is 64.4 Å². The molecule has 2 aromatic carbocycles. The lowest BCUT2D eigenvalue weighted by molar-refractivity contribution is -0.129. The number of likely N-dealkylation sites (tertiary alicyclic amines) is 1. The van der Waals surface area contributed by atoms with Gasteiger partial charge in [0.25, 0.3) is 0 Å². The van der Waals surface area contributed by atoms with Crippen molar-refractivity contribution in [1.82, 2.24) is 9.62 Å². The third-order valence-corrected chi connectivity index (χ3v) is 6.93. The van der Waals surface area contributed by atoms with Crippen molar-refractivity contribution < 1.29 is 17.6 Å². The fourth-order valence-corrected chi connectivity index (χ4v) is 5.03. The third kappa shape index (κ3) is 5.54. The zero-order valence-electron chi connectivity index (χ0n) is 14.7. The Kier molecular flexibility index (Phi) is 6.51. The number of halogens is 1. The lowest BCUT2D eigenvalue weighted by atomic mass is 10.1. The van der Waals surface area contributed by atoms with Crippen molar-refractivity contribution in [3.63, 3.8) is 0 Å². The van der Waals surface area contributed by atoms with Crippen molar-refractivity contribution in [3.8, 4) is 0 Å². The van der Waals surface area contributed by atoms with Gasteiger partial charge in [0, 0.05) is 24.0 Å². The van der Waals surface area contributed by atoms with Crippen LogP contribution in [0.3, 0.4) is 0 Å². The molecule has 0 aromatic heterocycles. The standard InChI is InChI=1S/C19H21FN2O3S2/c20-15-6-8-18(9-7-15)27(24,25)21-16-10-12-22(13-11-16)19(23)14-26-17-4-2-1-3-5-17/h1-9,16,21H,10-14H2. The Morgan fingerprint density at radius 3 is 2.33 bits per heavy atom. The van der Waals surface area contributed by atoms with Crippen molar-refractivity contribution in [3.05, 3.63) is 60.4 Å². The van der Waals surface area contributed by atoms with Gasteiger partial charge in [0.15, 0.2) is 0 Å². The lowest BCUT2D eigenvalue weighted by Gasteiger charge is -2.32. The van der Waals surface area contributed by atoms with Gasteiger partial charge in [0.05, 0.1) is 10.6 Å². The molecular weight excluding hydrogens is 387 g/mol. The van der Waals surface area contributed by atoms with Gasteiger partial charge in [-0.25, -0.2) is 17.5 Å². The molecule has 1 saturated heterocycles. The number of thioether (sulfide) groups is 1. The monoisotopic (exact) mass is 408 g/mol. The summed E-state index contributed by atoms with van der Waals surface area (Å²) in [5.74, 6) is -0.0477. The van der Waals surface area contributed by atoms with E-state index in [2.05, 4.69) is 4.72 Å². The Morgan fingerprint density at radius 2 is 1.70 bits per heavy atom. The van der Waals surface area contributed by atoms with Crippen LogP contribution >= 0.6 is 11.8 Å². The highest BCUT2D eigenvalue weighted by Gasteiger charge is 2.26. The second-order valence-electron chi connectivity index (χ2n) is 6.33. The molecule has 1 aliphatic rings. The average molecular weight is 409 g/mol. The van der Waals surface area contributed by atoms with Gasteiger partial charge in [0.2, 0.25) is 15.9 Å². The van der Waals surface area contributed by atoms with E-state index < -0.39 is 15.8 Å². The van der Waals surface area contributed by atoms with Crippen molar-refractivity contribution in [2.24, 2.45) is 0 Å². The van der Waals surface area contributed by atoms with E-state index in [0.717, 1.165) is 17.0 Å². The highest BCUT2D eigenvalue weighted by atomic mass is 32.2. The molecule has 1 amide bonds. The molecule has 1 aliphatic heterocycles. The molecule has 3 rings (SSSR count). The SMILES string of the molecule is O=C(CSc1ccccc1)N1CCC(NS(=O)(=O)c2ccc(F)cc2)CC1. The predicted octanol–water partition coefficient (Wildman–Crippen LogP) is 2.89. The first kappa shape index (κ1) is 19.9. The predicted molar refractivity (Wildman–Crippen MR) is 103 cm³/mol. The maximum Gasteiger partial charge on any atom is 0.240 e. The van der Waals surface area contributed by atoms with E-state index in [0.29, 0.717) is 31.7 Å². The topological polar surface area (TPSA) is 66.5 Å². The number of rotatable bonds is 6. The highest BCUT2D eigenvalue weighted by molar-refractivity contribution is 8.00. The van der Waals surface area contributed by atoms with Crippen molar-refractivity contribution in [2.75, 3.05) is 18.8 Å². The second-order valence-corrected chi connectivity index (χ2v) is 9.09. The van der Waals surface area contributed by atoms with Crippen LogP contribution in [0.5, 0.6) is 0 Å². The Hall–Kier alpha value is -1.90. The lowest BCUT2D eigenvalue weighted by Crippen LogP contribution is -2.47.